The minimum absolute atomic E-state index is 0.00735. The van der Waals surface area contributed by atoms with Gasteiger partial charge in [-0.05, 0) is 46.6 Å². The number of ether oxygens (including phenoxy) is 1. The number of hydrogen-bond acceptors (Lipinski definition) is 5. The summed E-state index contributed by atoms with van der Waals surface area (Å²) in [5, 5.41) is 3.12. The van der Waals surface area contributed by atoms with Crippen LogP contribution in [0.1, 0.15) is 52.9 Å². The van der Waals surface area contributed by atoms with E-state index in [4.69, 9.17) is 4.74 Å². The highest BCUT2D eigenvalue weighted by molar-refractivity contribution is 7.92. The second-order valence-corrected chi connectivity index (χ2v) is 9.04. The lowest BCUT2D eigenvalue weighted by Gasteiger charge is -2.29. The van der Waals surface area contributed by atoms with E-state index < -0.39 is 27.2 Å². The molecule has 5 nitrogen and oxygen atoms in total. The van der Waals surface area contributed by atoms with Gasteiger partial charge in [0.25, 0.3) is 0 Å². The van der Waals surface area contributed by atoms with Crippen LogP contribution in [0, 0.1) is 5.92 Å². The fraction of sp³-hybridized carbons (Fsp3) is 0.933. The highest BCUT2D eigenvalue weighted by atomic mass is 32.2. The van der Waals surface area contributed by atoms with E-state index in [2.05, 4.69) is 5.32 Å². The summed E-state index contributed by atoms with van der Waals surface area (Å²) >= 11 is 0. The van der Waals surface area contributed by atoms with Crippen molar-refractivity contribution in [1.82, 2.24) is 5.32 Å². The van der Waals surface area contributed by atoms with Crippen molar-refractivity contribution in [3.63, 3.8) is 0 Å². The molecule has 0 aromatic carbocycles. The third-order valence-electron chi connectivity index (χ3n) is 3.78. The van der Waals surface area contributed by atoms with Crippen molar-refractivity contribution in [3.8, 4) is 0 Å². The average molecular weight is 319 g/mol. The zero-order valence-electron chi connectivity index (χ0n) is 13.6. The smallest absolute Gasteiger partial charge is 0.321 e. The molecular formula is C15H29NO4S. The van der Waals surface area contributed by atoms with Crippen molar-refractivity contribution in [2.45, 2.75) is 64.5 Å². The van der Waals surface area contributed by atoms with E-state index in [1.807, 2.05) is 0 Å². The van der Waals surface area contributed by atoms with Crippen LogP contribution in [0.4, 0.5) is 0 Å². The Morgan fingerprint density at radius 2 is 1.81 bits per heavy atom. The molecule has 1 saturated carbocycles. The minimum atomic E-state index is -3.45. The third kappa shape index (κ3) is 7.27. The quantitative estimate of drug-likeness (QED) is 0.757. The Hall–Kier alpha value is -0.620. The third-order valence-corrected chi connectivity index (χ3v) is 5.32. The van der Waals surface area contributed by atoms with Crippen LogP contribution in [-0.2, 0) is 19.4 Å². The van der Waals surface area contributed by atoms with Crippen LogP contribution in [0.2, 0.25) is 0 Å². The van der Waals surface area contributed by atoms with Gasteiger partial charge in [-0.3, -0.25) is 4.79 Å². The van der Waals surface area contributed by atoms with E-state index in [9.17, 15) is 13.2 Å². The van der Waals surface area contributed by atoms with Crippen molar-refractivity contribution in [3.05, 3.63) is 0 Å². The van der Waals surface area contributed by atoms with E-state index in [-0.39, 0.29) is 11.8 Å². The summed E-state index contributed by atoms with van der Waals surface area (Å²) in [5.41, 5.74) is -0.654. The maximum absolute atomic E-state index is 12.2. The van der Waals surface area contributed by atoms with Crippen LogP contribution >= 0.6 is 0 Å². The van der Waals surface area contributed by atoms with Gasteiger partial charge in [0.15, 0.2) is 9.84 Å². The van der Waals surface area contributed by atoms with E-state index in [0.717, 1.165) is 25.7 Å². The topological polar surface area (TPSA) is 72.5 Å². The van der Waals surface area contributed by atoms with Crippen molar-refractivity contribution in [1.29, 1.82) is 0 Å². The standard InChI is InChI=1S/C15H29NO4S/c1-15(2,3)20-14(17)11-21(18,19)10-13(16-4)12-8-6-5-7-9-12/h12-13,16H,5-11H2,1-4H3. The van der Waals surface area contributed by atoms with Gasteiger partial charge in [-0.15, -0.1) is 0 Å². The average Bonchev–Trinajstić information content (AvgIpc) is 2.34. The molecule has 1 N–H and O–H groups in total. The largest absolute Gasteiger partial charge is 0.459 e. The van der Waals surface area contributed by atoms with Crippen LogP contribution in [0.15, 0.2) is 0 Å². The predicted octanol–water partition coefficient (Wildman–Crippen LogP) is 1.91. The van der Waals surface area contributed by atoms with Gasteiger partial charge in [0.05, 0.1) is 5.75 Å². The van der Waals surface area contributed by atoms with Crippen LogP contribution in [0.5, 0.6) is 0 Å². The second kappa shape index (κ2) is 7.58. The SMILES string of the molecule is CNC(CS(=O)(=O)CC(=O)OC(C)(C)C)C1CCCCC1. The molecule has 0 heterocycles. The molecule has 6 heteroatoms. The first-order valence-corrected chi connectivity index (χ1v) is 9.54. The molecular weight excluding hydrogens is 290 g/mol. The van der Waals surface area contributed by atoms with Gasteiger partial charge in [-0.1, -0.05) is 19.3 Å². The Bertz CT molecular complexity index is 433. The number of sulfone groups is 1. The van der Waals surface area contributed by atoms with E-state index in [0.29, 0.717) is 5.92 Å². The van der Waals surface area contributed by atoms with Gasteiger partial charge in [-0.25, -0.2) is 8.42 Å². The van der Waals surface area contributed by atoms with Crippen molar-refractivity contribution in [2.75, 3.05) is 18.6 Å². The fourth-order valence-electron chi connectivity index (χ4n) is 2.87. The molecule has 0 saturated heterocycles. The zero-order valence-corrected chi connectivity index (χ0v) is 14.5. The number of carbonyl (C=O) groups excluding carboxylic acids is 1. The van der Waals surface area contributed by atoms with Crippen LogP contribution in [0.25, 0.3) is 0 Å². The second-order valence-electron chi connectivity index (χ2n) is 6.93. The monoisotopic (exact) mass is 319 g/mol. The molecule has 1 aliphatic carbocycles. The number of carbonyl (C=O) groups is 1. The molecule has 1 rings (SSSR count). The van der Waals surface area contributed by atoms with Gasteiger partial charge in [0.1, 0.15) is 11.4 Å². The van der Waals surface area contributed by atoms with Crippen molar-refractivity contribution >= 4 is 15.8 Å². The van der Waals surface area contributed by atoms with E-state index in [1.54, 1.807) is 27.8 Å². The highest BCUT2D eigenvalue weighted by Gasteiger charge is 2.29. The van der Waals surface area contributed by atoms with Crippen LogP contribution in [-0.4, -0.2) is 44.6 Å². The van der Waals surface area contributed by atoms with E-state index in [1.165, 1.54) is 6.42 Å². The van der Waals surface area contributed by atoms with Crippen molar-refractivity contribution in [2.24, 2.45) is 5.92 Å². The molecule has 1 aliphatic rings. The van der Waals surface area contributed by atoms with Gasteiger partial charge in [-0.2, -0.15) is 0 Å². The van der Waals surface area contributed by atoms with Gasteiger partial charge in [0, 0.05) is 6.04 Å². The Labute approximate surface area is 128 Å². The fourth-order valence-corrected chi connectivity index (χ4v) is 4.40. The molecule has 0 aliphatic heterocycles. The summed E-state index contributed by atoms with van der Waals surface area (Å²) in [6.45, 7) is 5.20. The molecule has 0 aromatic rings. The summed E-state index contributed by atoms with van der Waals surface area (Å²) in [6.07, 6.45) is 5.68. The van der Waals surface area contributed by atoms with Gasteiger partial charge < -0.3 is 10.1 Å². The molecule has 1 fully saturated rings. The predicted molar refractivity (Wildman–Crippen MR) is 83.9 cm³/mol. The lowest BCUT2D eigenvalue weighted by Crippen LogP contribution is -2.42. The van der Waals surface area contributed by atoms with E-state index >= 15 is 0 Å². The minimum Gasteiger partial charge on any atom is -0.459 e. The Balaban J connectivity index is 2.58. The molecule has 0 bridgehead atoms. The Morgan fingerprint density at radius 1 is 1.24 bits per heavy atom. The van der Waals surface area contributed by atoms with Gasteiger partial charge in [0.2, 0.25) is 0 Å². The first kappa shape index (κ1) is 18.4. The normalized spacial score (nSPS) is 19.2. The molecule has 124 valence electrons. The zero-order chi connectivity index (χ0) is 16.1. The maximum atomic E-state index is 12.2. The summed E-state index contributed by atoms with van der Waals surface area (Å²) in [7, 11) is -1.66. The highest BCUT2D eigenvalue weighted by Crippen LogP contribution is 2.27. The summed E-state index contributed by atoms with van der Waals surface area (Å²) in [4.78, 5) is 11.7. The van der Waals surface area contributed by atoms with Crippen LogP contribution < -0.4 is 5.32 Å². The Morgan fingerprint density at radius 3 is 2.29 bits per heavy atom. The number of rotatable bonds is 6. The first-order valence-electron chi connectivity index (χ1n) is 7.72. The molecule has 21 heavy (non-hydrogen) atoms. The number of nitrogens with one attached hydrogen (secondary N) is 1. The Kier molecular flexibility index (Phi) is 6.66. The van der Waals surface area contributed by atoms with Crippen LogP contribution in [0.3, 0.4) is 0 Å². The van der Waals surface area contributed by atoms with Crippen molar-refractivity contribution < 1.29 is 17.9 Å². The molecule has 1 atom stereocenters. The maximum Gasteiger partial charge on any atom is 0.321 e. The summed E-state index contributed by atoms with van der Waals surface area (Å²) < 4.78 is 29.5. The van der Waals surface area contributed by atoms with Gasteiger partial charge >= 0.3 is 5.97 Å². The molecule has 0 amide bonds. The lowest BCUT2D eigenvalue weighted by atomic mass is 9.84. The molecule has 0 aromatic heterocycles. The number of hydrogen-bond donors (Lipinski definition) is 1. The molecule has 0 spiro atoms. The summed E-state index contributed by atoms with van der Waals surface area (Å²) in [6, 6.07) is -0.0715. The molecule has 1 unspecified atom stereocenters. The molecule has 0 radical (unpaired) electrons. The summed E-state index contributed by atoms with van der Waals surface area (Å²) in [5.74, 6) is -0.805. The lowest BCUT2D eigenvalue weighted by molar-refractivity contribution is -0.151. The number of esters is 1. The first-order chi connectivity index (χ1) is 9.63.